The number of carbonyl (C=O) groups is 1. The van der Waals surface area contributed by atoms with Crippen molar-refractivity contribution in [2.75, 3.05) is 17.2 Å². The quantitative estimate of drug-likeness (QED) is 0.556. The van der Waals surface area contributed by atoms with Gasteiger partial charge < -0.3 is 16.4 Å². The van der Waals surface area contributed by atoms with E-state index in [1.54, 1.807) is 10.9 Å². The number of rotatable bonds is 8. The van der Waals surface area contributed by atoms with E-state index in [4.69, 9.17) is 5.73 Å². The van der Waals surface area contributed by atoms with Crippen LogP contribution in [0.1, 0.15) is 28.7 Å². The molecule has 3 rings (SSSR count). The van der Waals surface area contributed by atoms with Gasteiger partial charge in [0.2, 0.25) is 5.95 Å². The maximum absolute atomic E-state index is 11.7. The Morgan fingerprint density at radius 1 is 1.26 bits per heavy atom. The summed E-state index contributed by atoms with van der Waals surface area (Å²) in [6.07, 6.45) is 5.64. The first-order valence-electron chi connectivity index (χ1n) is 8.68. The molecule has 0 saturated heterocycles. The molecule has 0 unspecified atom stereocenters. The molecule has 0 aromatic carbocycles. The number of nitrogens with zero attached hydrogens (tertiary/aromatic N) is 5. The summed E-state index contributed by atoms with van der Waals surface area (Å²) in [6, 6.07) is 5.88. The molecule has 3 aromatic rings. The Labute approximate surface area is 157 Å². The van der Waals surface area contributed by atoms with Crippen molar-refractivity contribution in [2.24, 2.45) is 5.73 Å². The monoisotopic (exact) mass is 366 g/mol. The van der Waals surface area contributed by atoms with Crippen LogP contribution >= 0.6 is 0 Å². The maximum atomic E-state index is 11.7. The summed E-state index contributed by atoms with van der Waals surface area (Å²) in [5.74, 6) is 0.152. The molecule has 0 radical (unpaired) electrons. The zero-order valence-electron chi connectivity index (χ0n) is 15.3. The van der Waals surface area contributed by atoms with Gasteiger partial charge in [0.15, 0.2) is 0 Å². The largest absolute Gasteiger partial charge is 0.369 e. The lowest BCUT2D eigenvalue weighted by atomic mass is 10.2. The third kappa shape index (κ3) is 4.78. The molecule has 0 aliphatic carbocycles. The Hall–Kier alpha value is -3.49. The molecule has 0 atom stereocenters. The number of hydrogen-bond donors (Lipinski definition) is 3. The van der Waals surface area contributed by atoms with Crippen LogP contribution in [0.5, 0.6) is 0 Å². The molecule has 0 spiro atoms. The predicted molar refractivity (Wildman–Crippen MR) is 103 cm³/mol. The molecule has 0 aliphatic rings. The fourth-order valence-electron chi connectivity index (χ4n) is 2.53. The molecule has 4 N–H and O–H groups in total. The first-order chi connectivity index (χ1) is 13.0. The number of aryl methyl sites for hydroxylation is 2. The molecular weight excluding hydrogens is 344 g/mol. The highest BCUT2D eigenvalue weighted by Gasteiger charge is 2.12. The van der Waals surface area contributed by atoms with Crippen LogP contribution < -0.4 is 16.4 Å². The summed E-state index contributed by atoms with van der Waals surface area (Å²) in [6.45, 7) is 5.27. The van der Waals surface area contributed by atoms with Crippen molar-refractivity contribution in [3.8, 4) is 0 Å². The molecule has 9 heteroatoms. The summed E-state index contributed by atoms with van der Waals surface area (Å²) >= 11 is 0. The highest BCUT2D eigenvalue weighted by molar-refractivity contribution is 5.97. The van der Waals surface area contributed by atoms with Crippen molar-refractivity contribution in [1.82, 2.24) is 24.7 Å². The van der Waals surface area contributed by atoms with Gasteiger partial charge in [-0.2, -0.15) is 10.1 Å². The number of amides is 1. The Kier molecular flexibility index (Phi) is 5.60. The summed E-state index contributed by atoms with van der Waals surface area (Å²) in [5.41, 5.74) is 8.36. The second kappa shape index (κ2) is 8.26. The minimum Gasteiger partial charge on any atom is -0.369 e. The molecular formula is C18H22N8O. The van der Waals surface area contributed by atoms with Gasteiger partial charge >= 0.3 is 0 Å². The van der Waals surface area contributed by atoms with E-state index in [0.29, 0.717) is 24.7 Å². The fraction of sp³-hybridized carbons (Fsp3) is 0.278. The summed E-state index contributed by atoms with van der Waals surface area (Å²) in [4.78, 5) is 24.7. The maximum Gasteiger partial charge on any atom is 0.254 e. The van der Waals surface area contributed by atoms with Gasteiger partial charge in [-0.05, 0) is 26.0 Å². The van der Waals surface area contributed by atoms with Gasteiger partial charge in [0, 0.05) is 43.3 Å². The molecule has 0 bridgehead atoms. The van der Waals surface area contributed by atoms with Crippen LogP contribution in [-0.2, 0) is 13.0 Å². The van der Waals surface area contributed by atoms with E-state index in [0.717, 1.165) is 23.6 Å². The molecule has 3 heterocycles. The fourth-order valence-corrected chi connectivity index (χ4v) is 2.53. The van der Waals surface area contributed by atoms with E-state index in [-0.39, 0.29) is 5.56 Å². The summed E-state index contributed by atoms with van der Waals surface area (Å²) in [7, 11) is 0. The van der Waals surface area contributed by atoms with Crippen molar-refractivity contribution in [3.63, 3.8) is 0 Å². The Morgan fingerprint density at radius 2 is 2.11 bits per heavy atom. The van der Waals surface area contributed by atoms with Crippen LogP contribution in [0.4, 0.5) is 17.5 Å². The molecule has 9 nitrogen and oxygen atoms in total. The Morgan fingerprint density at radius 3 is 2.81 bits per heavy atom. The standard InChI is InChI=1S/C18H22N8O/c1-3-26-11-14(9-22-26)24-18-21-10-15(16(19)27)17(25-18)20-8-7-13-6-4-5-12(2)23-13/h4-6,9-11H,3,7-8H2,1-2H3,(H2,19,27)(H2,20,21,24,25). The van der Waals surface area contributed by atoms with Crippen LogP contribution in [0, 0.1) is 6.92 Å². The second-order valence-electron chi connectivity index (χ2n) is 5.98. The van der Waals surface area contributed by atoms with Gasteiger partial charge in [0.1, 0.15) is 5.82 Å². The minimum absolute atomic E-state index is 0.238. The van der Waals surface area contributed by atoms with Crippen LogP contribution in [0.3, 0.4) is 0 Å². The normalized spacial score (nSPS) is 10.6. The number of nitrogens with one attached hydrogen (secondary N) is 2. The average Bonchev–Trinajstić information content (AvgIpc) is 3.09. The Balaban J connectivity index is 1.72. The lowest BCUT2D eigenvalue weighted by molar-refractivity contribution is 0.100. The summed E-state index contributed by atoms with van der Waals surface area (Å²) in [5, 5.41) is 10.4. The Bertz CT molecular complexity index is 937. The molecule has 0 fully saturated rings. The van der Waals surface area contributed by atoms with Gasteiger partial charge in [-0.3, -0.25) is 14.5 Å². The summed E-state index contributed by atoms with van der Waals surface area (Å²) < 4.78 is 1.79. The van der Waals surface area contributed by atoms with Gasteiger partial charge in [-0.25, -0.2) is 4.98 Å². The van der Waals surface area contributed by atoms with Crippen molar-refractivity contribution >= 4 is 23.4 Å². The molecule has 140 valence electrons. The van der Waals surface area contributed by atoms with E-state index in [9.17, 15) is 4.79 Å². The second-order valence-corrected chi connectivity index (χ2v) is 5.98. The van der Waals surface area contributed by atoms with Gasteiger partial charge in [0.05, 0.1) is 17.4 Å². The lowest BCUT2D eigenvalue weighted by Crippen LogP contribution is -2.18. The van der Waals surface area contributed by atoms with Crippen LogP contribution in [0.15, 0.2) is 36.8 Å². The zero-order valence-corrected chi connectivity index (χ0v) is 15.3. The third-order valence-corrected chi connectivity index (χ3v) is 3.89. The third-order valence-electron chi connectivity index (χ3n) is 3.89. The van der Waals surface area contributed by atoms with Crippen molar-refractivity contribution in [2.45, 2.75) is 26.8 Å². The number of primary amides is 1. The van der Waals surface area contributed by atoms with E-state index in [2.05, 4.69) is 30.7 Å². The number of carbonyl (C=O) groups excluding carboxylic acids is 1. The van der Waals surface area contributed by atoms with Crippen molar-refractivity contribution in [3.05, 3.63) is 53.7 Å². The number of pyridine rings is 1. The van der Waals surface area contributed by atoms with E-state index >= 15 is 0 Å². The van der Waals surface area contributed by atoms with Gasteiger partial charge in [0.25, 0.3) is 5.91 Å². The molecule has 0 saturated carbocycles. The number of aromatic nitrogens is 5. The number of anilines is 3. The zero-order chi connectivity index (χ0) is 19.2. The van der Waals surface area contributed by atoms with E-state index in [1.807, 2.05) is 38.2 Å². The molecule has 3 aromatic heterocycles. The number of hydrogen-bond acceptors (Lipinski definition) is 7. The van der Waals surface area contributed by atoms with E-state index in [1.165, 1.54) is 6.20 Å². The first kappa shape index (κ1) is 18.3. The van der Waals surface area contributed by atoms with Gasteiger partial charge in [-0.1, -0.05) is 6.07 Å². The van der Waals surface area contributed by atoms with Gasteiger partial charge in [-0.15, -0.1) is 0 Å². The van der Waals surface area contributed by atoms with Crippen molar-refractivity contribution < 1.29 is 4.79 Å². The average molecular weight is 366 g/mol. The topological polar surface area (TPSA) is 124 Å². The molecule has 1 amide bonds. The number of nitrogens with two attached hydrogens (primary N) is 1. The lowest BCUT2D eigenvalue weighted by Gasteiger charge is -2.11. The van der Waals surface area contributed by atoms with Crippen LogP contribution in [0.2, 0.25) is 0 Å². The van der Waals surface area contributed by atoms with Crippen LogP contribution in [0.25, 0.3) is 0 Å². The molecule has 27 heavy (non-hydrogen) atoms. The van der Waals surface area contributed by atoms with Crippen LogP contribution in [-0.4, -0.2) is 37.2 Å². The minimum atomic E-state index is -0.587. The smallest absolute Gasteiger partial charge is 0.254 e. The highest BCUT2D eigenvalue weighted by atomic mass is 16.1. The first-order valence-corrected chi connectivity index (χ1v) is 8.68. The van der Waals surface area contributed by atoms with Crippen molar-refractivity contribution in [1.29, 1.82) is 0 Å². The van der Waals surface area contributed by atoms with E-state index < -0.39 is 5.91 Å². The predicted octanol–water partition coefficient (Wildman–Crippen LogP) is 1.89. The highest BCUT2D eigenvalue weighted by Crippen LogP contribution is 2.17. The SMILES string of the molecule is CCn1cc(Nc2ncc(C(N)=O)c(NCCc3cccc(C)n3)n2)cn1. The molecule has 0 aliphatic heterocycles.